The van der Waals surface area contributed by atoms with Crippen LogP contribution in [0.3, 0.4) is 0 Å². The Morgan fingerprint density at radius 3 is 2.38 bits per heavy atom. The Kier molecular flexibility index (Phi) is 1.91. The zero-order valence-corrected chi connectivity index (χ0v) is 8.59. The van der Waals surface area contributed by atoms with Crippen molar-refractivity contribution in [3.05, 3.63) is 22.4 Å². The van der Waals surface area contributed by atoms with Crippen LogP contribution in [-0.2, 0) is 6.54 Å². The summed E-state index contributed by atoms with van der Waals surface area (Å²) in [5.41, 5.74) is 0. The van der Waals surface area contributed by atoms with E-state index in [-0.39, 0.29) is 0 Å². The molecular formula is C11H15NS. The first-order chi connectivity index (χ1) is 6.43. The van der Waals surface area contributed by atoms with Gasteiger partial charge in [-0.25, -0.2) is 0 Å². The van der Waals surface area contributed by atoms with Crippen LogP contribution in [0, 0.1) is 0 Å². The molecule has 1 heterocycles. The molecule has 0 bridgehead atoms. The van der Waals surface area contributed by atoms with E-state index >= 15 is 0 Å². The molecule has 0 N–H and O–H groups in total. The maximum atomic E-state index is 2.73. The number of hydrogen-bond acceptors (Lipinski definition) is 2. The first kappa shape index (κ1) is 8.01. The molecule has 0 aromatic carbocycles. The third kappa shape index (κ3) is 1.79. The van der Waals surface area contributed by atoms with Gasteiger partial charge in [0, 0.05) is 23.5 Å². The lowest BCUT2D eigenvalue weighted by molar-refractivity contribution is 0.246. The van der Waals surface area contributed by atoms with Crippen molar-refractivity contribution in [2.24, 2.45) is 0 Å². The number of thiophene rings is 1. The molecular weight excluding hydrogens is 178 g/mol. The zero-order chi connectivity index (χ0) is 8.67. The minimum Gasteiger partial charge on any atom is -0.292 e. The lowest BCUT2D eigenvalue weighted by Gasteiger charge is -2.20. The van der Waals surface area contributed by atoms with E-state index < -0.39 is 0 Å². The summed E-state index contributed by atoms with van der Waals surface area (Å²) in [6, 6.07) is 6.31. The minimum atomic E-state index is 0.939. The van der Waals surface area contributed by atoms with Crippen molar-refractivity contribution in [1.82, 2.24) is 4.90 Å². The van der Waals surface area contributed by atoms with Gasteiger partial charge in [-0.3, -0.25) is 4.90 Å². The van der Waals surface area contributed by atoms with Gasteiger partial charge >= 0.3 is 0 Å². The van der Waals surface area contributed by atoms with Crippen LogP contribution in [0.1, 0.15) is 30.6 Å². The topological polar surface area (TPSA) is 3.24 Å². The quantitative estimate of drug-likeness (QED) is 0.710. The van der Waals surface area contributed by atoms with Gasteiger partial charge in [-0.15, -0.1) is 11.3 Å². The molecule has 13 heavy (non-hydrogen) atoms. The van der Waals surface area contributed by atoms with Crippen LogP contribution in [0.25, 0.3) is 0 Å². The standard InChI is InChI=1S/C11H15NS/c1-2-11(13-7-1)8-12(9-3-4-9)10-5-6-10/h1-2,7,9-10H,3-6,8H2. The van der Waals surface area contributed by atoms with Gasteiger partial charge in [0.2, 0.25) is 0 Å². The van der Waals surface area contributed by atoms with Crippen molar-refractivity contribution in [3.8, 4) is 0 Å². The third-order valence-corrected chi connectivity index (χ3v) is 3.81. The predicted molar refractivity (Wildman–Crippen MR) is 55.9 cm³/mol. The van der Waals surface area contributed by atoms with Crippen molar-refractivity contribution in [3.63, 3.8) is 0 Å². The van der Waals surface area contributed by atoms with Gasteiger partial charge in [-0.2, -0.15) is 0 Å². The summed E-state index contributed by atoms with van der Waals surface area (Å²) in [7, 11) is 0. The van der Waals surface area contributed by atoms with E-state index in [2.05, 4.69) is 22.4 Å². The molecule has 0 radical (unpaired) electrons. The summed E-state index contributed by atoms with van der Waals surface area (Å²) in [5.74, 6) is 0. The lowest BCUT2D eigenvalue weighted by atomic mass is 10.4. The second kappa shape index (κ2) is 3.10. The second-order valence-electron chi connectivity index (χ2n) is 4.21. The second-order valence-corrected chi connectivity index (χ2v) is 5.25. The Bertz CT molecular complexity index is 260. The smallest absolute Gasteiger partial charge is 0.0333 e. The highest BCUT2D eigenvalue weighted by molar-refractivity contribution is 7.09. The van der Waals surface area contributed by atoms with Crippen molar-refractivity contribution < 1.29 is 0 Å². The summed E-state index contributed by atoms with van der Waals surface area (Å²) < 4.78 is 0. The van der Waals surface area contributed by atoms with Crippen LogP contribution in [-0.4, -0.2) is 17.0 Å². The fraction of sp³-hybridized carbons (Fsp3) is 0.636. The summed E-state index contributed by atoms with van der Waals surface area (Å²) in [6.45, 7) is 1.22. The van der Waals surface area contributed by atoms with Crippen LogP contribution < -0.4 is 0 Å². The highest BCUT2D eigenvalue weighted by Crippen LogP contribution is 2.38. The van der Waals surface area contributed by atoms with E-state index in [4.69, 9.17) is 0 Å². The molecule has 0 saturated heterocycles. The van der Waals surface area contributed by atoms with Crippen molar-refractivity contribution in [2.75, 3.05) is 0 Å². The summed E-state index contributed by atoms with van der Waals surface area (Å²) in [6.07, 6.45) is 5.79. The average molecular weight is 193 g/mol. The van der Waals surface area contributed by atoms with Crippen LogP contribution in [0.4, 0.5) is 0 Å². The first-order valence-electron chi connectivity index (χ1n) is 5.21. The SMILES string of the molecule is c1csc(CN(C2CC2)C2CC2)c1. The largest absolute Gasteiger partial charge is 0.292 e. The molecule has 0 spiro atoms. The van der Waals surface area contributed by atoms with Gasteiger partial charge in [-0.1, -0.05) is 6.07 Å². The normalized spacial score (nSPS) is 22.5. The summed E-state index contributed by atoms with van der Waals surface area (Å²) >= 11 is 1.90. The van der Waals surface area contributed by atoms with E-state index in [1.54, 1.807) is 4.88 Å². The Hall–Kier alpha value is -0.340. The van der Waals surface area contributed by atoms with Gasteiger partial charge in [0.25, 0.3) is 0 Å². The molecule has 2 fully saturated rings. The third-order valence-electron chi connectivity index (χ3n) is 2.95. The monoisotopic (exact) mass is 193 g/mol. The van der Waals surface area contributed by atoms with Crippen LogP contribution >= 0.6 is 11.3 Å². The van der Waals surface area contributed by atoms with Gasteiger partial charge in [0.1, 0.15) is 0 Å². The Morgan fingerprint density at radius 2 is 1.92 bits per heavy atom. The average Bonchev–Trinajstić information content (AvgIpc) is 3.04. The Labute approximate surface area is 83.4 Å². The molecule has 2 aliphatic rings. The van der Waals surface area contributed by atoms with E-state index in [0.29, 0.717) is 0 Å². The van der Waals surface area contributed by atoms with Gasteiger partial charge in [0.15, 0.2) is 0 Å². The van der Waals surface area contributed by atoms with Gasteiger partial charge in [0.05, 0.1) is 0 Å². The lowest BCUT2D eigenvalue weighted by Crippen LogP contribution is -2.27. The van der Waals surface area contributed by atoms with Crippen molar-refractivity contribution in [1.29, 1.82) is 0 Å². The predicted octanol–water partition coefficient (Wildman–Crippen LogP) is 2.87. The van der Waals surface area contributed by atoms with Crippen molar-refractivity contribution >= 4 is 11.3 Å². The first-order valence-corrected chi connectivity index (χ1v) is 6.09. The number of nitrogens with zero attached hydrogens (tertiary/aromatic N) is 1. The maximum Gasteiger partial charge on any atom is 0.0333 e. The molecule has 0 amide bonds. The van der Waals surface area contributed by atoms with E-state index in [1.807, 2.05) is 11.3 Å². The maximum absolute atomic E-state index is 2.73. The van der Waals surface area contributed by atoms with Crippen LogP contribution in [0.15, 0.2) is 17.5 Å². The van der Waals surface area contributed by atoms with Crippen LogP contribution in [0.2, 0.25) is 0 Å². The van der Waals surface area contributed by atoms with E-state index in [0.717, 1.165) is 12.1 Å². The fourth-order valence-corrected chi connectivity index (χ4v) is 2.66. The molecule has 70 valence electrons. The molecule has 1 nitrogen and oxygen atoms in total. The molecule has 0 atom stereocenters. The van der Waals surface area contributed by atoms with E-state index in [1.165, 1.54) is 32.2 Å². The molecule has 1 aromatic rings. The molecule has 3 rings (SSSR count). The minimum absolute atomic E-state index is 0.939. The fourth-order valence-electron chi connectivity index (χ4n) is 1.95. The summed E-state index contributed by atoms with van der Waals surface area (Å²) in [5, 5.41) is 2.19. The zero-order valence-electron chi connectivity index (χ0n) is 7.78. The molecule has 0 aliphatic heterocycles. The Balaban J connectivity index is 1.67. The number of rotatable bonds is 4. The molecule has 1 aromatic heterocycles. The van der Waals surface area contributed by atoms with Gasteiger partial charge < -0.3 is 0 Å². The summed E-state index contributed by atoms with van der Waals surface area (Å²) in [4.78, 5) is 4.27. The molecule has 2 saturated carbocycles. The van der Waals surface area contributed by atoms with Gasteiger partial charge in [-0.05, 0) is 37.1 Å². The number of hydrogen-bond donors (Lipinski definition) is 0. The highest BCUT2D eigenvalue weighted by Gasteiger charge is 2.38. The molecule has 2 aliphatic carbocycles. The molecule has 0 unspecified atom stereocenters. The highest BCUT2D eigenvalue weighted by atomic mass is 32.1. The van der Waals surface area contributed by atoms with Crippen LogP contribution in [0.5, 0.6) is 0 Å². The van der Waals surface area contributed by atoms with Crippen molar-refractivity contribution in [2.45, 2.75) is 44.3 Å². The van der Waals surface area contributed by atoms with E-state index in [9.17, 15) is 0 Å². The molecule has 2 heteroatoms. The Morgan fingerprint density at radius 1 is 1.23 bits per heavy atom.